The molecule has 3 unspecified atom stereocenters. The zero-order chi connectivity index (χ0) is 18.7. The largest absolute Gasteiger partial charge is 0.465 e. The lowest BCUT2D eigenvalue weighted by Gasteiger charge is -2.40. The quantitative estimate of drug-likeness (QED) is 0.604. The average Bonchev–Trinajstić information content (AvgIpc) is 2.62. The van der Waals surface area contributed by atoms with Gasteiger partial charge in [0.15, 0.2) is 5.78 Å². The summed E-state index contributed by atoms with van der Waals surface area (Å²) in [5.74, 6) is -2.10. The van der Waals surface area contributed by atoms with Gasteiger partial charge >= 0.3 is 5.97 Å². The van der Waals surface area contributed by atoms with Crippen molar-refractivity contribution in [3.63, 3.8) is 0 Å². The molecule has 0 saturated heterocycles. The van der Waals surface area contributed by atoms with E-state index >= 15 is 0 Å². The molecule has 5 heteroatoms. The zero-order valence-electron chi connectivity index (χ0n) is 14.5. The maximum atomic E-state index is 12.9. The summed E-state index contributed by atoms with van der Waals surface area (Å²) < 4.78 is 6.04. The second kappa shape index (κ2) is 7.72. The van der Waals surface area contributed by atoms with Gasteiger partial charge in [0.05, 0.1) is 12.2 Å². The van der Waals surface area contributed by atoms with E-state index in [1.54, 1.807) is 6.92 Å². The van der Waals surface area contributed by atoms with Crippen LogP contribution in [0, 0.1) is 5.92 Å². The van der Waals surface area contributed by atoms with Crippen molar-refractivity contribution in [2.45, 2.75) is 31.3 Å². The maximum absolute atomic E-state index is 12.9. The molecule has 2 aromatic carbocycles. The van der Waals surface area contributed by atoms with Crippen LogP contribution in [0.3, 0.4) is 0 Å². The SMILES string of the molecule is CCOC(=O)C1C(=O)CC(O)(c2ccc(Br)cc2)CC1c1ccccc1. The van der Waals surface area contributed by atoms with E-state index in [1.807, 2.05) is 54.6 Å². The van der Waals surface area contributed by atoms with Gasteiger partial charge in [-0.2, -0.15) is 0 Å². The summed E-state index contributed by atoms with van der Waals surface area (Å²) >= 11 is 3.38. The number of carbonyl (C=O) groups excluding carboxylic acids is 2. The molecule has 4 nitrogen and oxygen atoms in total. The predicted octanol–water partition coefficient (Wildman–Crippen LogP) is 3.96. The average molecular weight is 417 g/mol. The molecule has 1 saturated carbocycles. The van der Waals surface area contributed by atoms with E-state index in [0.717, 1.165) is 10.0 Å². The molecule has 0 aromatic heterocycles. The van der Waals surface area contributed by atoms with Crippen LogP contribution < -0.4 is 0 Å². The Morgan fingerprint density at radius 1 is 1.19 bits per heavy atom. The monoisotopic (exact) mass is 416 g/mol. The van der Waals surface area contributed by atoms with Gasteiger partial charge in [-0.05, 0) is 36.6 Å². The third-order valence-corrected chi connectivity index (χ3v) is 5.45. The summed E-state index contributed by atoms with van der Waals surface area (Å²) in [7, 11) is 0. The lowest BCUT2D eigenvalue weighted by molar-refractivity contribution is -0.158. The molecule has 26 heavy (non-hydrogen) atoms. The minimum absolute atomic E-state index is 0.0958. The highest BCUT2D eigenvalue weighted by Gasteiger charge is 2.49. The molecule has 0 bridgehead atoms. The van der Waals surface area contributed by atoms with Gasteiger partial charge < -0.3 is 9.84 Å². The first kappa shape index (κ1) is 18.8. The number of benzene rings is 2. The summed E-state index contributed by atoms with van der Waals surface area (Å²) in [6.45, 7) is 1.95. The van der Waals surface area contributed by atoms with Crippen LogP contribution in [0.2, 0.25) is 0 Å². The van der Waals surface area contributed by atoms with Crippen LogP contribution in [0.4, 0.5) is 0 Å². The third-order valence-electron chi connectivity index (χ3n) is 4.92. The summed E-state index contributed by atoms with van der Waals surface area (Å²) in [6, 6.07) is 16.7. The second-order valence-electron chi connectivity index (χ2n) is 6.63. The Balaban J connectivity index is 2.00. The Bertz CT molecular complexity index is 787. The van der Waals surface area contributed by atoms with Gasteiger partial charge in [-0.3, -0.25) is 9.59 Å². The first-order valence-corrected chi connectivity index (χ1v) is 9.46. The Morgan fingerprint density at radius 2 is 1.85 bits per heavy atom. The fourth-order valence-corrected chi connectivity index (χ4v) is 3.96. The number of aliphatic hydroxyl groups is 1. The van der Waals surface area contributed by atoms with Gasteiger partial charge in [-0.15, -0.1) is 0 Å². The predicted molar refractivity (Wildman–Crippen MR) is 102 cm³/mol. The smallest absolute Gasteiger partial charge is 0.317 e. The van der Waals surface area contributed by atoms with E-state index < -0.39 is 23.4 Å². The number of carbonyl (C=O) groups is 2. The van der Waals surface area contributed by atoms with Gasteiger partial charge in [0, 0.05) is 16.8 Å². The van der Waals surface area contributed by atoms with Crippen molar-refractivity contribution in [2.24, 2.45) is 5.92 Å². The molecule has 0 spiro atoms. The number of rotatable bonds is 4. The van der Waals surface area contributed by atoms with Crippen molar-refractivity contribution >= 4 is 27.7 Å². The number of ketones is 1. The zero-order valence-corrected chi connectivity index (χ0v) is 16.1. The van der Waals surface area contributed by atoms with Crippen LogP contribution in [0.1, 0.15) is 36.8 Å². The molecule has 1 aliphatic carbocycles. The molecular weight excluding hydrogens is 396 g/mol. The number of esters is 1. The molecule has 1 aliphatic rings. The number of halogens is 1. The van der Waals surface area contributed by atoms with Crippen molar-refractivity contribution in [1.29, 1.82) is 0 Å². The minimum atomic E-state index is -1.30. The number of hydrogen-bond acceptors (Lipinski definition) is 4. The highest BCUT2D eigenvalue weighted by molar-refractivity contribution is 9.10. The fourth-order valence-electron chi connectivity index (χ4n) is 3.69. The van der Waals surface area contributed by atoms with Gasteiger partial charge in [0.2, 0.25) is 0 Å². The first-order chi connectivity index (χ1) is 12.4. The molecular formula is C21H21BrO4. The molecule has 136 valence electrons. The summed E-state index contributed by atoms with van der Waals surface area (Å²) in [6.07, 6.45) is 0.190. The molecule has 0 heterocycles. The van der Waals surface area contributed by atoms with Gasteiger partial charge in [-0.1, -0.05) is 58.4 Å². The molecule has 2 aromatic rings. The van der Waals surface area contributed by atoms with Crippen LogP contribution >= 0.6 is 15.9 Å². The topological polar surface area (TPSA) is 63.6 Å². The highest BCUT2D eigenvalue weighted by atomic mass is 79.9. The van der Waals surface area contributed by atoms with Gasteiger partial charge in [0.25, 0.3) is 0 Å². The lowest BCUT2D eigenvalue weighted by atomic mass is 9.66. The van der Waals surface area contributed by atoms with E-state index in [0.29, 0.717) is 5.56 Å². The van der Waals surface area contributed by atoms with E-state index in [2.05, 4.69) is 15.9 Å². The van der Waals surface area contributed by atoms with E-state index in [9.17, 15) is 14.7 Å². The maximum Gasteiger partial charge on any atom is 0.317 e. The second-order valence-corrected chi connectivity index (χ2v) is 7.55. The summed E-state index contributed by atoms with van der Waals surface area (Å²) in [4.78, 5) is 25.3. The van der Waals surface area contributed by atoms with Crippen LogP contribution in [0.25, 0.3) is 0 Å². The highest BCUT2D eigenvalue weighted by Crippen LogP contribution is 2.46. The third kappa shape index (κ3) is 3.74. The molecule has 3 atom stereocenters. The Kier molecular flexibility index (Phi) is 5.58. The molecule has 0 amide bonds. The van der Waals surface area contributed by atoms with Crippen molar-refractivity contribution in [2.75, 3.05) is 6.61 Å². The van der Waals surface area contributed by atoms with Crippen LogP contribution in [-0.4, -0.2) is 23.5 Å². The van der Waals surface area contributed by atoms with E-state index in [1.165, 1.54) is 0 Å². The number of ether oxygens (including phenoxy) is 1. The van der Waals surface area contributed by atoms with Crippen LogP contribution in [0.15, 0.2) is 59.1 Å². The van der Waals surface area contributed by atoms with Gasteiger partial charge in [-0.25, -0.2) is 0 Å². The normalized spacial score (nSPS) is 25.7. The van der Waals surface area contributed by atoms with Crippen LogP contribution in [0.5, 0.6) is 0 Å². The minimum Gasteiger partial charge on any atom is -0.465 e. The Morgan fingerprint density at radius 3 is 2.46 bits per heavy atom. The first-order valence-electron chi connectivity index (χ1n) is 8.67. The summed E-state index contributed by atoms with van der Waals surface area (Å²) in [5.41, 5.74) is 0.229. The van der Waals surface area contributed by atoms with Gasteiger partial charge in [0.1, 0.15) is 5.92 Å². The van der Waals surface area contributed by atoms with E-state index in [4.69, 9.17) is 4.74 Å². The number of hydrogen-bond donors (Lipinski definition) is 1. The van der Waals surface area contributed by atoms with Crippen LogP contribution in [-0.2, 0) is 19.9 Å². The van der Waals surface area contributed by atoms with Crippen molar-refractivity contribution in [3.05, 3.63) is 70.2 Å². The molecule has 3 rings (SSSR count). The molecule has 1 N–H and O–H groups in total. The lowest BCUT2D eigenvalue weighted by Crippen LogP contribution is -2.45. The molecule has 1 fully saturated rings. The standard InChI is InChI=1S/C21H21BrO4/c1-2-26-20(24)19-17(14-6-4-3-5-7-14)12-21(25,13-18(19)23)15-8-10-16(22)11-9-15/h3-11,17,19,25H,2,12-13H2,1H3. The molecule has 0 aliphatic heterocycles. The van der Waals surface area contributed by atoms with Crippen molar-refractivity contribution < 1.29 is 19.4 Å². The Hall–Kier alpha value is -1.98. The van der Waals surface area contributed by atoms with Crippen molar-refractivity contribution in [1.82, 2.24) is 0 Å². The summed E-state index contributed by atoms with van der Waals surface area (Å²) in [5, 5.41) is 11.3. The molecule has 0 radical (unpaired) electrons. The number of Topliss-reactive ketones (excluding diaryl/α,β-unsaturated/α-hetero) is 1. The fraction of sp³-hybridized carbons (Fsp3) is 0.333. The van der Waals surface area contributed by atoms with E-state index in [-0.39, 0.29) is 25.2 Å². The Labute approximate surface area is 161 Å². The van der Waals surface area contributed by atoms with Crippen molar-refractivity contribution in [3.8, 4) is 0 Å².